The largest absolute Gasteiger partial charge is 0.508 e. The van der Waals surface area contributed by atoms with Crippen molar-refractivity contribution in [2.24, 2.45) is 0 Å². The summed E-state index contributed by atoms with van der Waals surface area (Å²) in [5, 5.41) is 18.1. The first kappa shape index (κ1) is 13.8. The van der Waals surface area contributed by atoms with Gasteiger partial charge in [-0.2, -0.15) is 0 Å². The fourth-order valence-electron chi connectivity index (χ4n) is 2.38. The van der Waals surface area contributed by atoms with Gasteiger partial charge in [0.2, 0.25) is 0 Å². The highest BCUT2D eigenvalue weighted by Crippen LogP contribution is 2.24. The van der Waals surface area contributed by atoms with Gasteiger partial charge in [0.05, 0.1) is 19.1 Å². The SMILES string of the molecule is CC(c1ccc(O)cc1)N1CCOC(CC(=O)O)C1. The molecule has 1 aromatic carbocycles. The van der Waals surface area contributed by atoms with Gasteiger partial charge in [0.1, 0.15) is 5.75 Å². The lowest BCUT2D eigenvalue weighted by Crippen LogP contribution is -2.44. The van der Waals surface area contributed by atoms with Gasteiger partial charge in [0.25, 0.3) is 0 Å². The molecule has 2 rings (SSSR count). The van der Waals surface area contributed by atoms with Crippen LogP contribution in [-0.4, -0.2) is 46.9 Å². The van der Waals surface area contributed by atoms with Crippen molar-refractivity contribution < 1.29 is 19.7 Å². The van der Waals surface area contributed by atoms with Crippen molar-refractivity contribution in [1.29, 1.82) is 0 Å². The first-order valence-electron chi connectivity index (χ1n) is 6.42. The Bertz CT molecular complexity index is 432. The summed E-state index contributed by atoms with van der Waals surface area (Å²) in [6.07, 6.45) is -0.204. The van der Waals surface area contributed by atoms with Crippen LogP contribution in [0, 0.1) is 0 Å². The number of nitrogens with zero attached hydrogens (tertiary/aromatic N) is 1. The smallest absolute Gasteiger partial charge is 0.306 e. The Hall–Kier alpha value is -1.59. The summed E-state index contributed by atoms with van der Waals surface area (Å²) < 4.78 is 5.46. The van der Waals surface area contributed by atoms with Crippen LogP contribution in [0.3, 0.4) is 0 Å². The van der Waals surface area contributed by atoms with E-state index in [4.69, 9.17) is 9.84 Å². The Morgan fingerprint density at radius 1 is 1.47 bits per heavy atom. The number of rotatable bonds is 4. The molecule has 0 aliphatic carbocycles. The maximum atomic E-state index is 10.7. The Morgan fingerprint density at radius 2 is 2.16 bits per heavy atom. The van der Waals surface area contributed by atoms with Gasteiger partial charge in [-0.3, -0.25) is 9.69 Å². The average Bonchev–Trinajstić information content (AvgIpc) is 2.38. The van der Waals surface area contributed by atoms with Crippen molar-refractivity contribution in [3.05, 3.63) is 29.8 Å². The number of aromatic hydroxyl groups is 1. The molecule has 0 bridgehead atoms. The second kappa shape index (κ2) is 6.04. The summed E-state index contributed by atoms with van der Waals surface area (Å²) in [4.78, 5) is 12.9. The van der Waals surface area contributed by atoms with Crippen molar-refractivity contribution in [2.45, 2.75) is 25.5 Å². The number of carbonyl (C=O) groups is 1. The number of ether oxygens (including phenoxy) is 1. The van der Waals surface area contributed by atoms with Crippen LogP contribution in [0.15, 0.2) is 24.3 Å². The van der Waals surface area contributed by atoms with Gasteiger partial charge in [0, 0.05) is 19.1 Å². The van der Waals surface area contributed by atoms with Gasteiger partial charge < -0.3 is 14.9 Å². The monoisotopic (exact) mass is 265 g/mol. The first-order valence-corrected chi connectivity index (χ1v) is 6.42. The van der Waals surface area contributed by atoms with E-state index in [9.17, 15) is 9.90 Å². The molecule has 0 amide bonds. The lowest BCUT2D eigenvalue weighted by atomic mass is 10.1. The second-order valence-corrected chi connectivity index (χ2v) is 4.85. The first-order chi connectivity index (χ1) is 9.06. The molecular weight excluding hydrogens is 246 g/mol. The van der Waals surface area contributed by atoms with Gasteiger partial charge in [0.15, 0.2) is 0 Å². The zero-order valence-corrected chi connectivity index (χ0v) is 11.0. The van der Waals surface area contributed by atoms with E-state index in [1.807, 2.05) is 12.1 Å². The summed E-state index contributed by atoms with van der Waals surface area (Å²) in [6.45, 7) is 4.04. The highest BCUT2D eigenvalue weighted by molar-refractivity contribution is 5.67. The molecule has 0 radical (unpaired) electrons. The molecule has 2 atom stereocenters. The summed E-state index contributed by atoms with van der Waals surface area (Å²) in [5.74, 6) is -0.578. The normalized spacial score (nSPS) is 22.1. The van der Waals surface area contributed by atoms with E-state index >= 15 is 0 Å². The summed E-state index contributed by atoms with van der Waals surface area (Å²) in [5.41, 5.74) is 1.11. The zero-order chi connectivity index (χ0) is 13.8. The van der Waals surface area contributed by atoms with Crippen LogP contribution >= 0.6 is 0 Å². The molecule has 2 N–H and O–H groups in total. The van der Waals surface area contributed by atoms with Gasteiger partial charge in [-0.1, -0.05) is 12.1 Å². The number of morpholine rings is 1. The minimum Gasteiger partial charge on any atom is -0.508 e. The molecule has 1 aliphatic rings. The van der Waals surface area contributed by atoms with Gasteiger partial charge in [-0.15, -0.1) is 0 Å². The number of benzene rings is 1. The maximum absolute atomic E-state index is 10.7. The summed E-state index contributed by atoms with van der Waals surface area (Å²) in [6, 6.07) is 7.30. The number of hydrogen-bond donors (Lipinski definition) is 2. The minimum absolute atomic E-state index is 0.0405. The molecule has 2 unspecified atom stereocenters. The molecule has 0 aromatic heterocycles. The number of carboxylic acids is 1. The van der Waals surface area contributed by atoms with Crippen molar-refractivity contribution in [3.8, 4) is 5.75 Å². The zero-order valence-electron chi connectivity index (χ0n) is 11.0. The molecule has 0 saturated carbocycles. The standard InChI is InChI=1S/C14H19NO4/c1-10(11-2-4-12(16)5-3-11)15-6-7-19-13(9-15)8-14(17)18/h2-5,10,13,16H,6-9H2,1H3,(H,17,18). The Morgan fingerprint density at radius 3 is 2.79 bits per heavy atom. The number of phenolic OH excluding ortho intramolecular Hbond substituents is 1. The quantitative estimate of drug-likeness (QED) is 0.866. The summed E-state index contributed by atoms with van der Waals surface area (Å²) >= 11 is 0. The molecule has 1 fully saturated rings. The third kappa shape index (κ3) is 3.68. The van der Waals surface area contributed by atoms with Gasteiger partial charge in [-0.25, -0.2) is 0 Å². The predicted molar refractivity (Wildman–Crippen MR) is 70.1 cm³/mol. The highest BCUT2D eigenvalue weighted by Gasteiger charge is 2.26. The molecule has 104 valence electrons. The van der Waals surface area contributed by atoms with Crippen LogP contribution in [0.4, 0.5) is 0 Å². The van der Waals surface area contributed by atoms with E-state index in [0.717, 1.165) is 12.1 Å². The molecule has 19 heavy (non-hydrogen) atoms. The van der Waals surface area contributed by atoms with Crippen LogP contribution in [0.25, 0.3) is 0 Å². The van der Waals surface area contributed by atoms with Gasteiger partial charge in [-0.05, 0) is 24.6 Å². The van der Waals surface area contributed by atoms with E-state index in [1.165, 1.54) is 0 Å². The maximum Gasteiger partial charge on any atom is 0.306 e. The Labute approximate surface area is 112 Å². The van der Waals surface area contributed by atoms with Crippen molar-refractivity contribution in [1.82, 2.24) is 4.90 Å². The lowest BCUT2D eigenvalue weighted by molar-refractivity contribution is -0.142. The van der Waals surface area contributed by atoms with Crippen LogP contribution in [0.2, 0.25) is 0 Å². The van der Waals surface area contributed by atoms with E-state index < -0.39 is 5.97 Å². The fraction of sp³-hybridized carbons (Fsp3) is 0.500. The molecule has 5 heteroatoms. The average molecular weight is 265 g/mol. The third-order valence-corrected chi connectivity index (χ3v) is 3.50. The predicted octanol–water partition coefficient (Wildman–Crippen LogP) is 1.63. The molecule has 1 aliphatic heterocycles. The minimum atomic E-state index is -0.830. The van der Waals surface area contributed by atoms with Crippen LogP contribution < -0.4 is 0 Å². The topological polar surface area (TPSA) is 70.0 Å². The Kier molecular flexibility index (Phi) is 4.39. The van der Waals surface area contributed by atoms with Crippen LogP contribution in [-0.2, 0) is 9.53 Å². The van der Waals surface area contributed by atoms with Crippen molar-refractivity contribution >= 4 is 5.97 Å². The fourth-order valence-corrected chi connectivity index (χ4v) is 2.38. The van der Waals surface area contributed by atoms with E-state index in [1.54, 1.807) is 12.1 Å². The lowest BCUT2D eigenvalue weighted by Gasteiger charge is -2.36. The molecule has 5 nitrogen and oxygen atoms in total. The number of carboxylic acid groups (broad SMARTS) is 1. The van der Waals surface area contributed by atoms with Crippen molar-refractivity contribution in [2.75, 3.05) is 19.7 Å². The van der Waals surface area contributed by atoms with Crippen molar-refractivity contribution in [3.63, 3.8) is 0 Å². The van der Waals surface area contributed by atoms with Gasteiger partial charge >= 0.3 is 5.97 Å². The molecular formula is C14H19NO4. The van der Waals surface area contributed by atoms with E-state index in [-0.39, 0.29) is 24.3 Å². The van der Waals surface area contributed by atoms with E-state index in [0.29, 0.717) is 13.2 Å². The number of hydrogen-bond acceptors (Lipinski definition) is 4. The number of phenols is 1. The van der Waals surface area contributed by atoms with Crippen LogP contribution in [0.1, 0.15) is 24.9 Å². The van der Waals surface area contributed by atoms with E-state index in [2.05, 4.69) is 11.8 Å². The highest BCUT2D eigenvalue weighted by atomic mass is 16.5. The summed E-state index contributed by atoms with van der Waals surface area (Å²) in [7, 11) is 0. The number of aliphatic carboxylic acids is 1. The second-order valence-electron chi connectivity index (χ2n) is 4.85. The molecule has 1 saturated heterocycles. The third-order valence-electron chi connectivity index (χ3n) is 3.50. The molecule has 1 aromatic rings. The molecule has 0 spiro atoms. The Balaban J connectivity index is 2.00. The molecule has 1 heterocycles. The van der Waals surface area contributed by atoms with Crippen LogP contribution in [0.5, 0.6) is 5.75 Å².